The molecule has 2 atom stereocenters. The minimum absolute atomic E-state index is 0.0501. The number of piperazine rings is 1. The van der Waals surface area contributed by atoms with Crippen LogP contribution in [-0.4, -0.2) is 47.0 Å². The van der Waals surface area contributed by atoms with Crippen molar-refractivity contribution in [2.75, 3.05) is 13.1 Å². The lowest BCUT2D eigenvalue weighted by Gasteiger charge is -2.34. The summed E-state index contributed by atoms with van der Waals surface area (Å²) in [6.07, 6.45) is 1.65. The highest BCUT2D eigenvalue weighted by molar-refractivity contribution is 7.80. The zero-order valence-corrected chi connectivity index (χ0v) is 9.55. The van der Waals surface area contributed by atoms with E-state index in [0.717, 1.165) is 12.8 Å². The number of hydrogen-bond acceptors (Lipinski definition) is 3. The summed E-state index contributed by atoms with van der Waals surface area (Å²) in [6, 6.07) is -0.822. The molecule has 2 aliphatic heterocycles. The maximum absolute atomic E-state index is 12.0. The van der Waals surface area contributed by atoms with E-state index in [-0.39, 0.29) is 29.5 Å². The summed E-state index contributed by atoms with van der Waals surface area (Å²) in [6.45, 7) is 0.920. The Labute approximate surface area is 98.5 Å². The van der Waals surface area contributed by atoms with E-state index < -0.39 is 6.04 Å². The van der Waals surface area contributed by atoms with Gasteiger partial charge < -0.3 is 21.3 Å². The molecule has 2 fully saturated rings. The molecule has 16 heavy (non-hydrogen) atoms. The van der Waals surface area contributed by atoms with Crippen LogP contribution >= 0.6 is 12.2 Å². The summed E-state index contributed by atoms with van der Waals surface area (Å²) >= 11 is 4.65. The van der Waals surface area contributed by atoms with Gasteiger partial charge in [0.15, 0.2) is 5.11 Å². The molecule has 2 aliphatic rings. The minimum Gasteiger partial charge on any atom is -0.376 e. The first-order valence-electron chi connectivity index (χ1n) is 5.24. The summed E-state index contributed by atoms with van der Waals surface area (Å²) < 4.78 is 0. The Bertz CT molecular complexity index is 346. The van der Waals surface area contributed by atoms with Gasteiger partial charge in [0.2, 0.25) is 11.8 Å². The van der Waals surface area contributed by atoms with E-state index in [9.17, 15) is 9.59 Å². The third-order valence-corrected chi connectivity index (χ3v) is 3.08. The smallest absolute Gasteiger partial charge is 0.247 e. The van der Waals surface area contributed by atoms with Gasteiger partial charge in [-0.25, -0.2) is 0 Å². The minimum atomic E-state index is -0.552. The van der Waals surface area contributed by atoms with E-state index >= 15 is 0 Å². The molecule has 0 radical (unpaired) electrons. The molecule has 0 aromatic carbocycles. The van der Waals surface area contributed by atoms with Crippen LogP contribution in [0.1, 0.15) is 12.8 Å². The normalized spacial score (nSPS) is 28.6. The molecule has 1 unspecified atom stereocenters. The van der Waals surface area contributed by atoms with Crippen LogP contribution in [0.4, 0.5) is 0 Å². The first kappa shape index (κ1) is 11.1. The van der Waals surface area contributed by atoms with Gasteiger partial charge in [0.1, 0.15) is 12.1 Å². The average Bonchev–Trinajstić information content (AvgIpc) is 2.70. The molecule has 6 nitrogen and oxygen atoms in total. The summed E-state index contributed by atoms with van der Waals surface area (Å²) in [4.78, 5) is 25.3. The summed E-state index contributed by atoms with van der Waals surface area (Å²) in [5, 5.41) is 5.51. The molecule has 7 heteroatoms. The van der Waals surface area contributed by atoms with Crippen molar-refractivity contribution in [3.63, 3.8) is 0 Å². The molecule has 2 rings (SSSR count). The van der Waals surface area contributed by atoms with Crippen molar-refractivity contribution < 1.29 is 9.59 Å². The van der Waals surface area contributed by atoms with Crippen LogP contribution in [0.15, 0.2) is 0 Å². The topological polar surface area (TPSA) is 87.5 Å². The standard InChI is InChI=1S/C9H14N4O2S/c10-9(16)11-4-5-8(15)13-3-1-2-6(13)7(14)12-5/h5-6H,1-4H2,(H,12,14)(H3,10,11,16)/t5-,6?/m0/s1. The lowest BCUT2D eigenvalue weighted by molar-refractivity contribution is -0.146. The number of carbonyl (C=O) groups excluding carboxylic acids is 2. The quantitative estimate of drug-likeness (QED) is 0.503. The lowest BCUT2D eigenvalue weighted by Crippen LogP contribution is -2.63. The number of amides is 2. The maximum Gasteiger partial charge on any atom is 0.247 e. The van der Waals surface area contributed by atoms with Crippen LogP contribution < -0.4 is 16.4 Å². The molecular formula is C9H14N4O2S. The predicted molar refractivity (Wildman–Crippen MR) is 61.5 cm³/mol. The van der Waals surface area contributed by atoms with E-state index in [1.165, 1.54) is 0 Å². The second-order valence-electron chi connectivity index (χ2n) is 4.00. The zero-order chi connectivity index (χ0) is 11.7. The van der Waals surface area contributed by atoms with Crippen LogP contribution in [0.5, 0.6) is 0 Å². The van der Waals surface area contributed by atoms with Gasteiger partial charge in [0.25, 0.3) is 0 Å². The van der Waals surface area contributed by atoms with Crippen LogP contribution in [-0.2, 0) is 9.59 Å². The Morgan fingerprint density at radius 3 is 3.06 bits per heavy atom. The average molecular weight is 242 g/mol. The highest BCUT2D eigenvalue weighted by Crippen LogP contribution is 2.21. The number of thiocarbonyl (C=S) groups is 1. The molecule has 4 N–H and O–H groups in total. The van der Waals surface area contributed by atoms with Gasteiger partial charge in [0.05, 0.1) is 0 Å². The second kappa shape index (κ2) is 4.25. The van der Waals surface area contributed by atoms with Gasteiger partial charge in [0, 0.05) is 13.1 Å². The first-order valence-corrected chi connectivity index (χ1v) is 5.64. The number of nitrogens with two attached hydrogens (primary N) is 1. The Morgan fingerprint density at radius 1 is 1.62 bits per heavy atom. The predicted octanol–water partition coefficient (Wildman–Crippen LogP) is -1.69. The fourth-order valence-corrected chi connectivity index (χ4v) is 2.26. The monoisotopic (exact) mass is 242 g/mol. The van der Waals surface area contributed by atoms with E-state index in [1.807, 2.05) is 0 Å². The van der Waals surface area contributed by atoms with E-state index in [4.69, 9.17) is 5.73 Å². The Morgan fingerprint density at radius 2 is 2.38 bits per heavy atom. The maximum atomic E-state index is 12.0. The van der Waals surface area contributed by atoms with Crippen LogP contribution in [0.3, 0.4) is 0 Å². The van der Waals surface area contributed by atoms with Gasteiger partial charge >= 0.3 is 0 Å². The van der Waals surface area contributed by atoms with Crippen LogP contribution in [0, 0.1) is 0 Å². The number of carbonyl (C=O) groups is 2. The molecule has 0 saturated carbocycles. The van der Waals surface area contributed by atoms with Crippen molar-refractivity contribution >= 4 is 29.1 Å². The number of fused-ring (bicyclic) bond motifs is 1. The third-order valence-electron chi connectivity index (χ3n) is 2.93. The number of rotatable bonds is 2. The highest BCUT2D eigenvalue weighted by atomic mass is 32.1. The van der Waals surface area contributed by atoms with Crippen molar-refractivity contribution in [3.8, 4) is 0 Å². The second-order valence-corrected chi connectivity index (χ2v) is 4.44. The highest BCUT2D eigenvalue weighted by Gasteiger charge is 2.42. The van der Waals surface area contributed by atoms with Gasteiger partial charge in [-0.15, -0.1) is 0 Å². The number of nitrogens with one attached hydrogen (secondary N) is 2. The van der Waals surface area contributed by atoms with E-state index in [2.05, 4.69) is 22.9 Å². The SMILES string of the molecule is NC(=S)NC[C@@H]1NC(=O)C2CCCN2C1=O. The molecule has 2 amide bonds. The molecule has 0 spiro atoms. The Hall–Kier alpha value is -1.37. The summed E-state index contributed by atoms with van der Waals surface area (Å²) in [5.74, 6) is -0.127. The molecule has 0 bridgehead atoms. The van der Waals surface area contributed by atoms with E-state index in [0.29, 0.717) is 6.54 Å². The van der Waals surface area contributed by atoms with Crippen LogP contribution in [0.2, 0.25) is 0 Å². The summed E-state index contributed by atoms with van der Waals surface area (Å²) in [7, 11) is 0. The van der Waals surface area contributed by atoms with Crippen molar-refractivity contribution in [2.45, 2.75) is 24.9 Å². The molecule has 0 aromatic rings. The molecule has 2 saturated heterocycles. The molecular weight excluding hydrogens is 228 g/mol. The van der Waals surface area contributed by atoms with Gasteiger partial charge in [-0.3, -0.25) is 9.59 Å². The molecule has 88 valence electrons. The van der Waals surface area contributed by atoms with Gasteiger partial charge in [-0.05, 0) is 25.1 Å². The van der Waals surface area contributed by atoms with Gasteiger partial charge in [-0.2, -0.15) is 0 Å². The van der Waals surface area contributed by atoms with Crippen molar-refractivity contribution in [2.24, 2.45) is 5.73 Å². The third kappa shape index (κ3) is 1.95. The van der Waals surface area contributed by atoms with Crippen LogP contribution in [0.25, 0.3) is 0 Å². The van der Waals surface area contributed by atoms with Gasteiger partial charge in [-0.1, -0.05) is 0 Å². The molecule has 0 aromatic heterocycles. The fraction of sp³-hybridized carbons (Fsp3) is 0.667. The Balaban J connectivity index is 2.02. The van der Waals surface area contributed by atoms with Crippen molar-refractivity contribution in [1.29, 1.82) is 0 Å². The van der Waals surface area contributed by atoms with E-state index in [1.54, 1.807) is 4.90 Å². The van der Waals surface area contributed by atoms with Crippen molar-refractivity contribution in [1.82, 2.24) is 15.5 Å². The Kier molecular flexibility index (Phi) is 2.95. The summed E-state index contributed by atoms with van der Waals surface area (Å²) in [5.41, 5.74) is 5.28. The first-order chi connectivity index (χ1) is 7.59. The zero-order valence-electron chi connectivity index (χ0n) is 8.73. The largest absolute Gasteiger partial charge is 0.376 e. The molecule has 0 aliphatic carbocycles. The molecule has 2 heterocycles. The number of hydrogen-bond donors (Lipinski definition) is 3. The van der Waals surface area contributed by atoms with Crippen molar-refractivity contribution in [3.05, 3.63) is 0 Å². The lowest BCUT2D eigenvalue weighted by atomic mass is 10.1. The number of nitrogens with zero attached hydrogens (tertiary/aromatic N) is 1. The fourth-order valence-electron chi connectivity index (χ4n) is 2.17.